The molecule has 7 heteroatoms. The number of benzene rings is 1. The maximum Gasteiger partial charge on any atom is 0.343 e. The number of nitro benzene ring substituents is 1. The van der Waals surface area contributed by atoms with E-state index in [1.807, 2.05) is 0 Å². The van der Waals surface area contributed by atoms with E-state index in [0.717, 1.165) is 0 Å². The van der Waals surface area contributed by atoms with Gasteiger partial charge in [0.15, 0.2) is 0 Å². The van der Waals surface area contributed by atoms with Gasteiger partial charge in [-0.3, -0.25) is 15.5 Å². The number of non-ortho nitro benzene ring substituents is 1. The summed E-state index contributed by atoms with van der Waals surface area (Å²) in [5.74, 6) is -0.690. The number of hydrogen-bond acceptors (Lipinski definition) is 6. The topological polar surface area (TPSA) is 106 Å². The number of rotatable bonds is 3. The minimum atomic E-state index is -0.690. The van der Waals surface area contributed by atoms with Crippen LogP contribution in [-0.4, -0.2) is 17.5 Å². The van der Waals surface area contributed by atoms with Gasteiger partial charge in [-0.1, -0.05) is 0 Å². The highest BCUT2D eigenvalue weighted by atomic mass is 16.6. The molecule has 0 aliphatic rings. The lowest BCUT2D eigenvalue weighted by Gasteiger charge is -2.03. The summed E-state index contributed by atoms with van der Waals surface area (Å²) in [5, 5.41) is 18.6. The maximum absolute atomic E-state index is 11.6. The molecule has 0 aliphatic carbocycles. The highest BCUT2D eigenvalue weighted by molar-refractivity contribution is 5.93. The van der Waals surface area contributed by atoms with E-state index in [-0.39, 0.29) is 23.4 Å². The van der Waals surface area contributed by atoms with E-state index in [9.17, 15) is 14.9 Å². The zero-order valence-electron chi connectivity index (χ0n) is 10.0. The molecule has 0 radical (unpaired) electrons. The Morgan fingerprint density at radius 3 is 2.84 bits per heavy atom. The SMILES string of the molecule is CCOC(=O)c1cc2cc([N+](=O)[O-])ccc2oc1=N. The molecule has 0 atom stereocenters. The molecule has 0 amide bonds. The number of hydrogen-bond donors (Lipinski definition) is 1. The largest absolute Gasteiger partial charge is 0.462 e. The molecule has 0 saturated carbocycles. The second kappa shape index (κ2) is 4.89. The number of nitrogens with one attached hydrogen (secondary N) is 1. The van der Waals surface area contributed by atoms with Crippen LogP contribution in [0, 0.1) is 15.5 Å². The first-order valence-electron chi connectivity index (χ1n) is 5.47. The molecule has 1 aromatic carbocycles. The molecule has 0 unspecified atom stereocenters. The zero-order chi connectivity index (χ0) is 14.0. The van der Waals surface area contributed by atoms with Crippen LogP contribution in [0.4, 0.5) is 5.69 Å². The summed E-state index contributed by atoms with van der Waals surface area (Å²) < 4.78 is 9.92. The van der Waals surface area contributed by atoms with Gasteiger partial charge in [-0.25, -0.2) is 4.79 Å². The van der Waals surface area contributed by atoms with Crippen LogP contribution in [0.25, 0.3) is 11.0 Å². The van der Waals surface area contributed by atoms with Gasteiger partial charge in [-0.05, 0) is 19.1 Å². The molecule has 0 fully saturated rings. The highest BCUT2D eigenvalue weighted by Gasteiger charge is 2.14. The molecular formula is C12H10N2O5. The normalized spacial score (nSPS) is 10.4. The Morgan fingerprint density at radius 1 is 1.47 bits per heavy atom. The van der Waals surface area contributed by atoms with Crippen LogP contribution in [0.2, 0.25) is 0 Å². The molecule has 19 heavy (non-hydrogen) atoms. The molecule has 98 valence electrons. The fraction of sp³-hybridized carbons (Fsp3) is 0.167. The van der Waals surface area contributed by atoms with Crippen LogP contribution >= 0.6 is 0 Å². The van der Waals surface area contributed by atoms with E-state index in [1.54, 1.807) is 6.92 Å². The Hall–Kier alpha value is -2.70. The Kier molecular flexibility index (Phi) is 3.28. The Bertz CT molecular complexity index is 720. The molecule has 0 aliphatic heterocycles. The van der Waals surface area contributed by atoms with Crippen molar-refractivity contribution in [1.29, 1.82) is 5.41 Å². The van der Waals surface area contributed by atoms with E-state index in [1.165, 1.54) is 24.3 Å². The second-order valence-electron chi connectivity index (χ2n) is 3.69. The van der Waals surface area contributed by atoms with Crippen LogP contribution in [0.3, 0.4) is 0 Å². The monoisotopic (exact) mass is 262 g/mol. The molecule has 7 nitrogen and oxygen atoms in total. The molecule has 0 spiro atoms. The number of nitro groups is 1. The van der Waals surface area contributed by atoms with Crippen molar-refractivity contribution in [3.8, 4) is 0 Å². The lowest BCUT2D eigenvalue weighted by Crippen LogP contribution is -2.16. The molecular weight excluding hydrogens is 252 g/mol. The Morgan fingerprint density at radius 2 is 2.21 bits per heavy atom. The van der Waals surface area contributed by atoms with E-state index in [4.69, 9.17) is 14.6 Å². The van der Waals surface area contributed by atoms with Crippen LogP contribution < -0.4 is 5.55 Å². The van der Waals surface area contributed by atoms with Gasteiger partial charge in [0, 0.05) is 17.5 Å². The van der Waals surface area contributed by atoms with Gasteiger partial charge in [0.1, 0.15) is 11.1 Å². The molecule has 1 N–H and O–H groups in total. The number of nitrogens with zero attached hydrogens (tertiary/aromatic N) is 1. The van der Waals surface area contributed by atoms with Crippen molar-refractivity contribution in [2.45, 2.75) is 6.92 Å². The van der Waals surface area contributed by atoms with Crippen molar-refractivity contribution < 1.29 is 18.9 Å². The summed E-state index contributed by atoms with van der Waals surface area (Å²) >= 11 is 0. The fourth-order valence-electron chi connectivity index (χ4n) is 1.60. The Balaban J connectivity index is 2.61. The Labute approximate surface area is 107 Å². The summed E-state index contributed by atoms with van der Waals surface area (Å²) in [5.41, 5.74) is -0.214. The first-order chi connectivity index (χ1) is 9.02. The number of esters is 1. The quantitative estimate of drug-likeness (QED) is 0.517. The molecule has 0 bridgehead atoms. The lowest BCUT2D eigenvalue weighted by molar-refractivity contribution is -0.384. The number of ether oxygens (including phenoxy) is 1. The molecule has 0 saturated heterocycles. The van der Waals surface area contributed by atoms with Gasteiger partial charge < -0.3 is 9.15 Å². The fourth-order valence-corrected chi connectivity index (χ4v) is 1.60. The van der Waals surface area contributed by atoms with Crippen LogP contribution in [0.5, 0.6) is 0 Å². The first-order valence-corrected chi connectivity index (χ1v) is 5.47. The zero-order valence-corrected chi connectivity index (χ0v) is 10.0. The third kappa shape index (κ3) is 2.44. The summed E-state index contributed by atoms with van der Waals surface area (Å²) in [4.78, 5) is 21.7. The average Bonchev–Trinajstić information content (AvgIpc) is 2.37. The van der Waals surface area contributed by atoms with Crippen molar-refractivity contribution in [1.82, 2.24) is 0 Å². The van der Waals surface area contributed by atoms with Crippen molar-refractivity contribution >= 4 is 22.6 Å². The van der Waals surface area contributed by atoms with E-state index >= 15 is 0 Å². The van der Waals surface area contributed by atoms with Crippen LogP contribution in [0.1, 0.15) is 17.3 Å². The first kappa shape index (κ1) is 12.7. The minimum absolute atomic E-state index is 0.0603. The van der Waals surface area contributed by atoms with E-state index < -0.39 is 10.9 Å². The van der Waals surface area contributed by atoms with Crippen molar-refractivity contribution in [3.63, 3.8) is 0 Å². The number of fused-ring (bicyclic) bond motifs is 1. The maximum atomic E-state index is 11.6. The third-order valence-corrected chi connectivity index (χ3v) is 2.46. The smallest absolute Gasteiger partial charge is 0.343 e. The van der Waals surface area contributed by atoms with Gasteiger partial charge in [0.25, 0.3) is 5.69 Å². The van der Waals surface area contributed by atoms with Crippen LogP contribution in [-0.2, 0) is 4.74 Å². The van der Waals surface area contributed by atoms with Gasteiger partial charge in [-0.2, -0.15) is 0 Å². The van der Waals surface area contributed by atoms with E-state index in [0.29, 0.717) is 11.0 Å². The molecule has 2 rings (SSSR count). The molecule has 1 heterocycles. The van der Waals surface area contributed by atoms with Crippen molar-refractivity contribution in [3.05, 3.63) is 45.5 Å². The van der Waals surface area contributed by atoms with Gasteiger partial charge >= 0.3 is 5.97 Å². The molecule has 1 aromatic heterocycles. The molecule has 2 aromatic rings. The number of carbonyl (C=O) groups is 1. The predicted octanol–water partition coefficient (Wildman–Crippen LogP) is 2.00. The highest BCUT2D eigenvalue weighted by Crippen LogP contribution is 2.20. The van der Waals surface area contributed by atoms with Crippen molar-refractivity contribution in [2.75, 3.05) is 6.61 Å². The number of carbonyl (C=O) groups excluding carboxylic acids is 1. The second-order valence-corrected chi connectivity index (χ2v) is 3.69. The summed E-state index contributed by atoms with van der Waals surface area (Å²) in [6, 6.07) is 5.29. The van der Waals surface area contributed by atoms with Gasteiger partial charge in [-0.15, -0.1) is 0 Å². The van der Waals surface area contributed by atoms with Gasteiger partial charge in [0.2, 0.25) is 5.55 Å². The van der Waals surface area contributed by atoms with E-state index in [2.05, 4.69) is 0 Å². The van der Waals surface area contributed by atoms with Crippen LogP contribution in [0.15, 0.2) is 28.7 Å². The van der Waals surface area contributed by atoms with Crippen molar-refractivity contribution in [2.24, 2.45) is 0 Å². The standard InChI is InChI=1S/C12H10N2O5/c1-2-18-12(15)9-6-7-5-8(14(16)17)3-4-10(7)19-11(9)13/h3-6,13H,2H2,1H3. The van der Waals surface area contributed by atoms with Gasteiger partial charge in [0.05, 0.1) is 11.5 Å². The predicted molar refractivity (Wildman–Crippen MR) is 64.7 cm³/mol. The summed E-state index contributed by atoms with van der Waals surface area (Å²) in [6.07, 6.45) is 0. The lowest BCUT2D eigenvalue weighted by atomic mass is 10.1. The summed E-state index contributed by atoms with van der Waals surface area (Å²) in [7, 11) is 0. The minimum Gasteiger partial charge on any atom is -0.462 e. The third-order valence-electron chi connectivity index (χ3n) is 2.46. The summed E-state index contributed by atoms with van der Waals surface area (Å²) in [6.45, 7) is 1.82. The average molecular weight is 262 g/mol.